The maximum atomic E-state index is 10.8. The number of aliphatic imine (C=N–C) groups is 1. The fourth-order valence-electron chi connectivity index (χ4n) is 3.82. The predicted molar refractivity (Wildman–Crippen MR) is 141 cm³/mol. The first-order chi connectivity index (χ1) is 15.9. The molecule has 1 heterocycles. The van der Waals surface area contributed by atoms with E-state index in [1.165, 1.54) is 5.56 Å². The highest BCUT2D eigenvalue weighted by Crippen LogP contribution is 2.33. The zero-order valence-electron chi connectivity index (χ0n) is 19.2. The van der Waals surface area contributed by atoms with Gasteiger partial charge in [-0.15, -0.1) is 0 Å². The fraction of sp³-hybridized carbons (Fsp3) is 0.222. The van der Waals surface area contributed by atoms with Gasteiger partial charge in [-0.25, -0.2) is 4.99 Å². The van der Waals surface area contributed by atoms with Crippen LogP contribution in [0.5, 0.6) is 5.88 Å². The van der Waals surface area contributed by atoms with E-state index in [9.17, 15) is 5.11 Å². The molecule has 170 valence electrons. The van der Waals surface area contributed by atoms with Gasteiger partial charge in [-0.05, 0) is 51.0 Å². The number of nitrogens with one attached hydrogen (secondary N) is 1. The largest absolute Gasteiger partial charge is 0.494 e. The van der Waals surface area contributed by atoms with Crippen molar-refractivity contribution in [3.8, 4) is 5.88 Å². The molecule has 6 heteroatoms. The standard InChI is InChI=1S/C27H29BrN4O/c1-31(2)15-16-32(3)18-19-9-12-22(13-10-19)29-26(20-7-5-4-6-8-20)25-23-14-11-21(28)17-24(23)30-27(25)33/h4-14,17,30,33H,15-16,18H2,1-3H3. The molecular formula is C27H29BrN4O. The third-order valence-corrected chi connectivity index (χ3v) is 6.08. The van der Waals surface area contributed by atoms with Gasteiger partial charge in [0.1, 0.15) is 0 Å². The molecule has 3 aromatic carbocycles. The van der Waals surface area contributed by atoms with Crippen LogP contribution in [0.25, 0.3) is 10.9 Å². The first-order valence-electron chi connectivity index (χ1n) is 11.0. The van der Waals surface area contributed by atoms with Gasteiger partial charge in [0, 0.05) is 35.1 Å². The number of hydrogen-bond acceptors (Lipinski definition) is 4. The number of hydrogen-bond donors (Lipinski definition) is 2. The molecule has 1 aromatic heterocycles. The van der Waals surface area contributed by atoms with Gasteiger partial charge in [-0.1, -0.05) is 64.5 Å². The molecule has 5 nitrogen and oxygen atoms in total. The van der Waals surface area contributed by atoms with Crippen LogP contribution in [0.3, 0.4) is 0 Å². The van der Waals surface area contributed by atoms with Crippen LogP contribution in [0.15, 0.2) is 82.3 Å². The van der Waals surface area contributed by atoms with E-state index in [2.05, 4.69) is 64.0 Å². The van der Waals surface area contributed by atoms with Gasteiger partial charge in [0.05, 0.1) is 22.5 Å². The van der Waals surface area contributed by atoms with E-state index in [1.54, 1.807) is 0 Å². The second kappa shape index (κ2) is 10.3. The Bertz CT molecular complexity index is 1250. The first kappa shape index (κ1) is 23.2. The highest BCUT2D eigenvalue weighted by atomic mass is 79.9. The number of halogens is 1. The van der Waals surface area contributed by atoms with Crippen molar-refractivity contribution in [2.24, 2.45) is 4.99 Å². The summed E-state index contributed by atoms with van der Waals surface area (Å²) in [7, 11) is 6.33. The molecule has 0 aliphatic carbocycles. The summed E-state index contributed by atoms with van der Waals surface area (Å²) in [6, 6.07) is 24.3. The Morgan fingerprint density at radius 1 is 0.939 bits per heavy atom. The molecule has 0 aliphatic heterocycles. The van der Waals surface area contributed by atoms with Gasteiger partial charge >= 0.3 is 0 Å². The molecule has 0 saturated heterocycles. The van der Waals surface area contributed by atoms with Gasteiger partial charge in [0.2, 0.25) is 0 Å². The lowest BCUT2D eigenvalue weighted by Gasteiger charge is -2.19. The SMILES string of the molecule is CN(C)CCN(C)Cc1ccc(N=C(c2ccccc2)c2c(O)[nH]c3cc(Br)ccc23)cc1. The zero-order chi connectivity index (χ0) is 23.4. The zero-order valence-corrected chi connectivity index (χ0v) is 20.8. The molecule has 0 radical (unpaired) electrons. The summed E-state index contributed by atoms with van der Waals surface area (Å²) >= 11 is 3.50. The maximum absolute atomic E-state index is 10.8. The molecule has 0 spiro atoms. The van der Waals surface area contributed by atoms with Crippen LogP contribution in [0.2, 0.25) is 0 Å². The lowest BCUT2D eigenvalue weighted by molar-refractivity contribution is 0.276. The Hall–Kier alpha value is -2.93. The molecule has 4 rings (SSSR count). The van der Waals surface area contributed by atoms with E-state index >= 15 is 0 Å². The summed E-state index contributed by atoms with van der Waals surface area (Å²) in [5, 5.41) is 11.7. The third kappa shape index (κ3) is 5.71. The average Bonchev–Trinajstić information content (AvgIpc) is 3.12. The van der Waals surface area contributed by atoms with Crippen LogP contribution < -0.4 is 0 Å². The van der Waals surface area contributed by atoms with E-state index in [-0.39, 0.29) is 5.88 Å². The first-order valence-corrected chi connectivity index (χ1v) is 11.8. The van der Waals surface area contributed by atoms with Gasteiger partial charge in [0.15, 0.2) is 5.88 Å². The molecule has 0 aliphatic rings. The molecule has 4 aromatic rings. The van der Waals surface area contributed by atoms with Crippen LogP contribution in [-0.4, -0.2) is 59.8 Å². The Morgan fingerprint density at radius 3 is 2.36 bits per heavy atom. The third-order valence-electron chi connectivity index (χ3n) is 5.58. The summed E-state index contributed by atoms with van der Waals surface area (Å²) in [6.45, 7) is 2.94. The van der Waals surface area contributed by atoms with Crippen molar-refractivity contribution in [3.63, 3.8) is 0 Å². The summed E-state index contributed by atoms with van der Waals surface area (Å²) in [5.74, 6) is 0.116. The number of aromatic nitrogens is 1. The molecule has 0 bridgehead atoms. The van der Waals surface area contributed by atoms with Crippen molar-refractivity contribution in [3.05, 3.63) is 94.0 Å². The number of H-pyrrole nitrogens is 1. The summed E-state index contributed by atoms with van der Waals surface area (Å²) in [4.78, 5) is 12.6. The summed E-state index contributed by atoms with van der Waals surface area (Å²) in [6.07, 6.45) is 0. The number of rotatable bonds is 8. The topological polar surface area (TPSA) is 54.9 Å². The molecule has 0 saturated carbocycles. The molecule has 0 amide bonds. The van der Waals surface area contributed by atoms with E-state index in [1.807, 2.05) is 60.7 Å². The second-order valence-corrected chi connectivity index (χ2v) is 9.49. The van der Waals surface area contributed by atoms with Crippen molar-refractivity contribution in [2.45, 2.75) is 6.54 Å². The van der Waals surface area contributed by atoms with Crippen molar-refractivity contribution in [2.75, 3.05) is 34.2 Å². The van der Waals surface area contributed by atoms with E-state index in [4.69, 9.17) is 4.99 Å². The monoisotopic (exact) mass is 504 g/mol. The Kier molecular flexibility index (Phi) is 7.28. The highest BCUT2D eigenvalue weighted by molar-refractivity contribution is 9.10. The summed E-state index contributed by atoms with van der Waals surface area (Å²) in [5.41, 5.74) is 5.34. The minimum atomic E-state index is 0.116. The molecular weight excluding hydrogens is 476 g/mol. The number of aromatic hydroxyl groups is 1. The Morgan fingerprint density at radius 2 is 1.67 bits per heavy atom. The molecule has 33 heavy (non-hydrogen) atoms. The van der Waals surface area contributed by atoms with Crippen molar-refractivity contribution in [1.82, 2.24) is 14.8 Å². The van der Waals surface area contributed by atoms with Crippen molar-refractivity contribution >= 4 is 38.2 Å². The van der Waals surface area contributed by atoms with E-state index < -0.39 is 0 Å². The lowest BCUT2D eigenvalue weighted by atomic mass is 10.0. The number of nitrogens with zero attached hydrogens (tertiary/aromatic N) is 3. The molecule has 0 atom stereocenters. The normalized spacial score (nSPS) is 12.2. The number of likely N-dealkylation sites (N-methyl/N-ethyl adjacent to an activating group) is 2. The quantitative estimate of drug-likeness (QED) is 0.298. The van der Waals surface area contributed by atoms with Gasteiger partial charge in [-0.2, -0.15) is 0 Å². The maximum Gasteiger partial charge on any atom is 0.199 e. The number of fused-ring (bicyclic) bond motifs is 1. The lowest BCUT2D eigenvalue weighted by Crippen LogP contribution is -2.28. The second-order valence-electron chi connectivity index (χ2n) is 8.57. The van der Waals surface area contributed by atoms with Crippen LogP contribution in [0, 0.1) is 0 Å². The van der Waals surface area contributed by atoms with Crippen LogP contribution >= 0.6 is 15.9 Å². The van der Waals surface area contributed by atoms with Crippen LogP contribution in [0.4, 0.5) is 5.69 Å². The highest BCUT2D eigenvalue weighted by Gasteiger charge is 2.18. The van der Waals surface area contributed by atoms with Gasteiger partial charge in [-0.3, -0.25) is 0 Å². The molecule has 0 unspecified atom stereocenters. The van der Waals surface area contributed by atoms with E-state index in [0.29, 0.717) is 5.56 Å². The number of benzene rings is 3. The van der Waals surface area contributed by atoms with Crippen LogP contribution in [0.1, 0.15) is 16.7 Å². The van der Waals surface area contributed by atoms with Gasteiger partial charge < -0.3 is 19.9 Å². The summed E-state index contributed by atoms with van der Waals surface area (Å²) < 4.78 is 0.951. The smallest absolute Gasteiger partial charge is 0.199 e. The molecule has 2 N–H and O–H groups in total. The van der Waals surface area contributed by atoms with Gasteiger partial charge in [0.25, 0.3) is 0 Å². The minimum Gasteiger partial charge on any atom is -0.494 e. The number of aromatic amines is 1. The average molecular weight is 505 g/mol. The Balaban J connectivity index is 1.68. The predicted octanol–water partition coefficient (Wildman–Crippen LogP) is 5.80. The van der Waals surface area contributed by atoms with E-state index in [0.717, 1.165) is 52.0 Å². The fourth-order valence-corrected chi connectivity index (χ4v) is 4.18. The Labute approximate surface area is 203 Å². The van der Waals surface area contributed by atoms with Crippen molar-refractivity contribution < 1.29 is 5.11 Å². The van der Waals surface area contributed by atoms with Crippen molar-refractivity contribution in [1.29, 1.82) is 0 Å². The minimum absolute atomic E-state index is 0.116. The molecule has 0 fully saturated rings. The van der Waals surface area contributed by atoms with Crippen LogP contribution in [-0.2, 0) is 6.54 Å².